The number of fused-ring (bicyclic) bond motifs is 7. The summed E-state index contributed by atoms with van der Waals surface area (Å²) in [5.74, 6) is 0. The summed E-state index contributed by atoms with van der Waals surface area (Å²) in [6.07, 6.45) is 0. The Bertz CT molecular complexity index is 3490. The topological polar surface area (TPSA) is 3.24 Å². The first-order valence-electron chi connectivity index (χ1n) is 21.9. The Morgan fingerprint density at radius 3 is 1.60 bits per heavy atom. The number of benzene rings is 11. The predicted octanol–water partition coefficient (Wildman–Crippen LogP) is 17.0. The van der Waals surface area contributed by atoms with E-state index in [-0.39, 0.29) is 5.41 Å². The van der Waals surface area contributed by atoms with Gasteiger partial charge < -0.3 is 4.90 Å². The fraction of sp³-hybridized carbons (Fsp3) is 0.0323. The molecule has 0 bridgehead atoms. The number of nitrogens with zero attached hydrogens (tertiary/aromatic N) is 1. The zero-order valence-corrected chi connectivity index (χ0v) is 35.0. The molecule has 0 saturated carbocycles. The minimum atomic E-state index is -0.378. The van der Waals surface area contributed by atoms with E-state index in [4.69, 9.17) is 0 Å². The average Bonchev–Trinajstić information content (AvgIpc) is 3.63. The van der Waals surface area contributed by atoms with E-state index in [2.05, 4.69) is 254 Å². The van der Waals surface area contributed by atoms with E-state index >= 15 is 0 Å². The van der Waals surface area contributed by atoms with Gasteiger partial charge in [-0.05, 0) is 125 Å². The third kappa shape index (κ3) is 5.85. The van der Waals surface area contributed by atoms with Crippen LogP contribution in [0.4, 0.5) is 17.1 Å². The van der Waals surface area contributed by atoms with Gasteiger partial charge in [-0.25, -0.2) is 0 Å². The maximum atomic E-state index is 2.50. The van der Waals surface area contributed by atoms with Gasteiger partial charge in [-0.1, -0.05) is 212 Å². The smallest absolute Gasteiger partial charge is 0.0540 e. The van der Waals surface area contributed by atoms with Gasteiger partial charge in [0, 0.05) is 16.5 Å². The van der Waals surface area contributed by atoms with Gasteiger partial charge in [0.05, 0.1) is 11.4 Å². The van der Waals surface area contributed by atoms with E-state index in [0.29, 0.717) is 0 Å². The maximum Gasteiger partial charge on any atom is 0.0540 e. The van der Waals surface area contributed by atoms with Gasteiger partial charge in [-0.3, -0.25) is 0 Å². The van der Waals surface area contributed by atoms with Crippen LogP contribution in [0.1, 0.15) is 23.6 Å². The first-order valence-corrected chi connectivity index (χ1v) is 21.9. The molecule has 0 amide bonds. The van der Waals surface area contributed by atoms with Crippen molar-refractivity contribution < 1.29 is 0 Å². The second-order valence-corrected chi connectivity index (χ2v) is 16.9. The minimum Gasteiger partial charge on any atom is -0.310 e. The van der Waals surface area contributed by atoms with Gasteiger partial charge in [-0.2, -0.15) is 0 Å². The molecule has 11 aromatic rings. The van der Waals surface area contributed by atoms with Crippen LogP contribution in [-0.2, 0) is 5.41 Å². The molecule has 0 fully saturated rings. The summed E-state index contributed by atoms with van der Waals surface area (Å²) in [5.41, 5.74) is 16.9. The van der Waals surface area contributed by atoms with Gasteiger partial charge in [0.25, 0.3) is 0 Å². The summed E-state index contributed by atoms with van der Waals surface area (Å²) in [7, 11) is 0. The van der Waals surface area contributed by atoms with E-state index in [1.165, 1.54) is 99.2 Å². The highest BCUT2D eigenvalue weighted by atomic mass is 15.1. The molecular formula is C62H43N. The van der Waals surface area contributed by atoms with Gasteiger partial charge in [0.2, 0.25) is 0 Å². The highest BCUT2D eigenvalue weighted by molar-refractivity contribution is 6.22. The lowest BCUT2D eigenvalue weighted by Crippen LogP contribution is -2.25. The highest BCUT2D eigenvalue weighted by Crippen LogP contribution is 2.57. The Balaban J connectivity index is 1.07. The summed E-state index contributed by atoms with van der Waals surface area (Å²) in [6, 6.07) is 89.3. The molecule has 1 unspecified atom stereocenters. The van der Waals surface area contributed by atoms with Crippen LogP contribution in [0, 0.1) is 0 Å². The summed E-state index contributed by atoms with van der Waals surface area (Å²) >= 11 is 0. The quantitative estimate of drug-likeness (QED) is 0.145. The van der Waals surface area contributed by atoms with Crippen LogP contribution in [-0.4, -0.2) is 0 Å². The van der Waals surface area contributed by atoms with Gasteiger partial charge in [-0.15, -0.1) is 0 Å². The molecule has 0 heterocycles. The van der Waals surface area contributed by atoms with E-state index in [1.807, 2.05) is 0 Å². The molecule has 1 aliphatic carbocycles. The Hall–Kier alpha value is -8.00. The van der Waals surface area contributed by atoms with Crippen molar-refractivity contribution in [3.05, 3.63) is 259 Å². The van der Waals surface area contributed by atoms with Crippen LogP contribution in [0.5, 0.6) is 0 Å². The number of anilines is 3. The summed E-state index contributed by atoms with van der Waals surface area (Å²) in [6.45, 7) is 2.41. The second kappa shape index (κ2) is 14.9. The van der Waals surface area contributed by atoms with Crippen LogP contribution < -0.4 is 4.90 Å². The minimum absolute atomic E-state index is 0.378. The van der Waals surface area contributed by atoms with Crippen LogP contribution in [0.25, 0.3) is 76.8 Å². The van der Waals surface area contributed by atoms with Crippen molar-refractivity contribution in [3.63, 3.8) is 0 Å². The van der Waals surface area contributed by atoms with Crippen LogP contribution in [0.15, 0.2) is 243 Å². The summed E-state index contributed by atoms with van der Waals surface area (Å²) in [4.78, 5) is 2.50. The van der Waals surface area contributed by atoms with Gasteiger partial charge in [0.15, 0.2) is 0 Å². The molecule has 11 aromatic carbocycles. The fourth-order valence-electron chi connectivity index (χ4n) is 10.6. The lowest BCUT2D eigenvalue weighted by Gasteiger charge is -2.35. The van der Waals surface area contributed by atoms with Crippen molar-refractivity contribution in [3.8, 4) is 44.5 Å². The third-order valence-electron chi connectivity index (χ3n) is 13.5. The molecule has 0 aliphatic heterocycles. The van der Waals surface area contributed by atoms with Crippen molar-refractivity contribution in [2.45, 2.75) is 12.3 Å². The molecule has 1 aliphatic rings. The molecule has 1 heteroatoms. The predicted molar refractivity (Wildman–Crippen MR) is 267 cm³/mol. The fourth-order valence-corrected chi connectivity index (χ4v) is 10.6. The van der Waals surface area contributed by atoms with Crippen LogP contribution in [0.2, 0.25) is 0 Å². The normalized spacial score (nSPS) is 14.2. The Labute approximate surface area is 368 Å². The highest BCUT2D eigenvalue weighted by Gasteiger charge is 2.43. The Kier molecular flexibility index (Phi) is 8.69. The van der Waals surface area contributed by atoms with E-state index < -0.39 is 0 Å². The number of rotatable bonds is 7. The molecule has 1 atom stereocenters. The number of hydrogen-bond donors (Lipinski definition) is 0. The number of hydrogen-bond acceptors (Lipinski definition) is 1. The maximum absolute atomic E-state index is 2.50. The molecular weight excluding hydrogens is 759 g/mol. The van der Waals surface area contributed by atoms with Crippen LogP contribution >= 0.6 is 0 Å². The lowest BCUT2D eigenvalue weighted by molar-refractivity contribution is 0.714. The molecule has 0 spiro atoms. The standard InChI is InChI=1S/C62H43N/c1-62(47-25-9-4-10-26-47)56-32-16-15-29-52(56)54-31-18-34-58(61(54)62)63(57-33-17-24-43-19-11-12-27-49(43)57)48-38-35-42(36-39-48)46-37-40-51-50-28-13-14-30-53(50)59(44-20-5-2-6-21-44)60(55(51)41-46)45-22-7-3-8-23-45/h2-41H,1H3. The zero-order chi connectivity index (χ0) is 41.9. The average molecular weight is 802 g/mol. The van der Waals surface area contributed by atoms with Gasteiger partial charge in [0.1, 0.15) is 0 Å². The van der Waals surface area contributed by atoms with Crippen molar-refractivity contribution in [1.29, 1.82) is 0 Å². The monoisotopic (exact) mass is 801 g/mol. The van der Waals surface area contributed by atoms with Crippen molar-refractivity contribution in [2.24, 2.45) is 0 Å². The summed E-state index contributed by atoms with van der Waals surface area (Å²) < 4.78 is 0. The van der Waals surface area contributed by atoms with Crippen molar-refractivity contribution in [1.82, 2.24) is 0 Å². The Morgan fingerprint density at radius 1 is 0.333 bits per heavy atom. The summed E-state index contributed by atoms with van der Waals surface area (Å²) in [5, 5.41) is 7.46. The van der Waals surface area contributed by atoms with Crippen molar-refractivity contribution in [2.75, 3.05) is 4.90 Å². The molecule has 1 nitrogen and oxygen atoms in total. The second-order valence-electron chi connectivity index (χ2n) is 16.9. The molecule has 0 N–H and O–H groups in total. The third-order valence-corrected chi connectivity index (χ3v) is 13.5. The first-order chi connectivity index (χ1) is 31.2. The molecule has 0 saturated heterocycles. The molecule has 12 rings (SSSR count). The molecule has 0 aromatic heterocycles. The van der Waals surface area contributed by atoms with E-state index in [1.54, 1.807) is 0 Å². The molecule has 63 heavy (non-hydrogen) atoms. The zero-order valence-electron chi connectivity index (χ0n) is 35.0. The molecule has 296 valence electrons. The SMILES string of the molecule is CC1(c2ccccc2)c2ccccc2-c2cccc(N(c3ccc(-c4ccc5c(c4)c(-c4ccccc4)c(-c4ccccc4)c4ccccc45)cc3)c3cccc4ccccc34)c21. The van der Waals surface area contributed by atoms with Crippen molar-refractivity contribution >= 4 is 49.4 Å². The Morgan fingerprint density at radius 2 is 0.857 bits per heavy atom. The van der Waals surface area contributed by atoms with Gasteiger partial charge >= 0.3 is 0 Å². The van der Waals surface area contributed by atoms with E-state index in [9.17, 15) is 0 Å². The van der Waals surface area contributed by atoms with Crippen LogP contribution in [0.3, 0.4) is 0 Å². The first kappa shape index (κ1) is 36.8. The van der Waals surface area contributed by atoms with E-state index in [0.717, 1.165) is 11.4 Å². The molecule has 0 radical (unpaired) electrons. The lowest BCUT2D eigenvalue weighted by atomic mass is 9.73. The largest absolute Gasteiger partial charge is 0.310 e.